The first kappa shape index (κ1) is 15.4. The van der Waals surface area contributed by atoms with Crippen molar-refractivity contribution >= 4 is 11.8 Å². The summed E-state index contributed by atoms with van der Waals surface area (Å²) in [5.74, 6) is 1.59. The summed E-state index contributed by atoms with van der Waals surface area (Å²) in [4.78, 5) is 17.6. The first-order chi connectivity index (χ1) is 12.3. The molecule has 0 aliphatic carbocycles. The molecular weight excluding hydrogens is 314 g/mol. The minimum absolute atomic E-state index is 0.680. The minimum Gasteiger partial charge on any atom is -0.352 e. The molecule has 1 saturated heterocycles. The molecule has 1 aliphatic heterocycles. The summed E-state index contributed by atoms with van der Waals surface area (Å²) in [6, 6.07) is 8.19. The van der Waals surface area contributed by atoms with Crippen molar-refractivity contribution in [1.29, 1.82) is 0 Å². The molecule has 0 radical (unpaired) electrons. The van der Waals surface area contributed by atoms with E-state index in [1.165, 1.54) is 5.56 Å². The summed E-state index contributed by atoms with van der Waals surface area (Å²) >= 11 is 0. The van der Waals surface area contributed by atoms with Crippen molar-refractivity contribution < 1.29 is 0 Å². The van der Waals surface area contributed by atoms with E-state index in [0.29, 0.717) is 5.95 Å². The van der Waals surface area contributed by atoms with Crippen LogP contribution in [-0.4, -0.2) is 51.3 Å². The summed E-state index contributed by atoms with van der Waals surface area (Å²) in [6.07, 6.45) is 6.94. The summed E-state index contributed by atoms with van der Waals surface area (Å²) in [6.45, 7) is 5.45. The number of nitrogens with zero attached hydrogens (tertiary/aromatic N) is 7. The molecule has 1 aromatic carbocycles. The Balaban J connectivity index is 1.50. The van der Waals surface area contributed by atoms with E-state index < -0.39 is 0 Å². The number of hydrogen-bond donors (Lipinski definition) is 0. The highest BCUT2D eigenvalue weighted by Crippen LogP contribution is 2.22. The highest BCUT2D eigenvalue weighted by molar-refractivity contribution is 5.63. The standard InChI is InChI=1S/C18H19N7/c1-14-4-2-3-5-15(14)16-12-21-23-18(22-16)25-10-8-24(9-11-25)17-13-19-6-7-20-17/h2-7,12-13H,8-11H2,1H3. The second kappa shape index (κ2) is 6.80. The number of rotatable bonds is 3. The molecule has 0 bridgehead atoms. The molecule has 7 heteroatoms. The average Bonchev–Trinajstić information content (AvgIpc) is 2.69. The van der Waals surface area contributed by atoms with E-state index in [2.05, 4.69) is 49.0 Å². The van der Waals surface area contributed by atoms with Gasteiger partial charge in [0.25, 0.3) is 0 Å². The lowest BCUT2D eigenvalue weighted by atomic mass is 10.1. The molecule has 0 saturated carbocycles. The highest BCUT2D eigenvalue weighted by atomic mass is 15.4. The molecule has 3 aromatic rings. The zero-order chi connectivity index (χ0) is 17.1. The molecule has 0 unspecified atom stereocenters. The molecule has 1 aliphatic rings. The van der Waals surface area contributed by atoms with Crippen LogP contribution in [0.25, 0.3) is 11.3 Å². The van der Waals surface area contributed by atoms with E-state index in [4.69, 9.17) is 4.98 Å². The maximum atomic E-state index is 4.73. The van der Waals surface area contributed by atoms with Crippen LogP contribution in [-0.2, 0) is 0 Å². The van der Waals surface area contributed by atoms with Crippen LogP contribution in [0.5, 0.6) is 0 Å². The molecule has 0 spiro atoms. The van der Waals surface area contributed by atoms with Crippen molar-refractivity contribution in [3.63, 3.8) is 0 Å². The fourth-order valence-electron chi connectivity index (χ4n) is 3.01. The Morgan fingerprint density at radius 1 is 0.920 bits per heavy atom. The molecule has 3 heterocycles. The molecule has 126 valence electrons. The minimum atomic E-state index is 0.680. The van der Waals surface area contributed by atoms with Gasteiger partial charge in [-0.2, -0.15) is 5.10 Å². The van der Waals surface area contributed by atoms with Crippen molar-refractivity contribution in [3.05, 3.63) is 54.6 Å². The van der Waals surface area contributed by atoms with E-state index in [-0.39, 0.29) is 0 Å². The Morgan fingerprint density at radius 2 is 1.72 bits per heavy atom. The summed E-state index contributed by atoms with van der Waals surface area (Å²) in [7, 11) is 0. The molecule has 0 atom stereocenters. The third-order valence-corrected chi connectivity index (χ3v) is 4.40. The predicted octanol–water partition coefficient (Wildman–Crippen LogP) is 1.96. The van der Waals surface area contributed by atoms with Gasteiger partial charge < -0.3 is 9.80 Å². The van der Waals surface area contributed by atoms with Crippen molar-refractivity contribution in [2.75, 3.05) is 36.0 Å². The summed E-state index contributed by atoms with van der Waals surface area (Å²) in [5.41, 5.74) is 3.14. The van der Waals surface area contributed by atoms with E-state index in [0.717, 1.165) is 43.3 Å². The average molecular weight is 333 g/mol. The maximum Gasteiger partial charge on any atom is 0.246 e. The second-order valence-corrected chi connectivity index (χ2v) is 5.99. The van der Waals surface area contributed by atoms with Gasteiger partial charge in [-0.25, -0.2) is 9.97 Å². The van der Waals surface area contributed by atoms with Gasteiger partial charge in [0.15, 0.2) is 0 Å². The molecule has 25 heavy (non-hydrogen) atoms. The monoisotopic (exact) mass is 333 g/mol. The van der Waals surface area contributed by atoms with Gasteiger partial charge in [0, 0.05) is 44.1 Å². The van der Waals surface area contributed by atoms with E-state index in [1.54, 1.807) is 24.8 Å². The lowest BCUT2D eigenvalue weighted by Gasteiger charge is -2.35. The predicted molar refractivity (Wildman–Crippen MR) is 96.5 cm³/mol. The molecule has 0 N–H and O–H groups in total. The number of aryl methyl sites for hydroxylation is 1. The number of piperazine rings is 1. The van der Waals surface area contributed by atoms with Crippen LogP contribution in [0, 0.1) is 6.92 Å². The van der Waals surface area contributed by atoms with Crippen molar-refractivity contribution in [3.8, 4) is 11.3 Å². The van der Waals surface area contributed by atoms with Crippen molar-refractivity contribution in [2.24, 2.45) is 0 Å². The van der Waals surface area contributed by atoms with Crippen LogP contribution in [0.3, 0.4) is 0 Å². The second-order valence-electron chi connectivity index (χ2n) is 5.99. The fourth-order valence-corrected chi connectivity index (χ4v) is 3.01. The number of aromatic nitrogens is 5. The van der Waals surface area contributed by atoms with Gasteiger partial charge in [0.05, 0.1) is 18.1 Å². The zero-order valence-electron chi connectivity index (χ0n) is 14.1. The molecule has 7 nitrogen and oxygen atoms in total. The van der Waals surface area contributed by atoms with Gasteiger partial charge in [-0.3, -0.25) is 4.98 Å². The maximum absolute atomic E-state index is 4.73. The van der Waals surface area contributed by atoms with Gasteiger partial charge in [-0.15, -0.1) is 5.10 Å². The molecule has 4 rings (SSSR count). The van der Waals surface area contributed by atoms with Crippen LogP contribution in [0.15, 0.2) is 49.1 Å². The van der Waals surface area contributed by atoms with Crippen LogP contribution < -0.4 is 9.80 Å². The topological polar surface area (TPSA) is 70.9 Å². The normalized spacial score (nSPS) is 14.6. The smallest absolute Gasteiger partial charge is 0.246 e. The first-order valence-corrected chi connectivity index (χ1v) is 8.33. The third-order valence-electron chi connectivity index (χ3n) is 4.40. The van der Waals surface area contributed by atoms with Crippen LogP contribution in [0.2, 0.25) is 0 Å². The van der Waals surface area contributed by atoms with Crippen molar-refractivity contribution in [1.82, 2.24) is 25.1 Å². The summed E-state index contributed by atoms with van der Waals surface area (Å²) in [5, 5.41) is 8.40. The van der Waals surface area contributed by atoms with Gasteiger partial charge in [0.1, 0.15) is 5.82 Å². The Bertz CT molecular complexity index is 845. The Hall–Kier alpha value is -3.09. The van der Waals surface area contributed by atoms with Gasteiger partial charge in [-0.1, -0.05) is 24.3 Å². The van der Waals surface area contributed by atoms with Crippen LogP contribution in [0.1, 0.15) is 5.56 Å². The Labute approximate surface area is 146 Å². The van der Waals surface area contributed by atoms with Gasteiger partial charge >= 0.3 is 0 Å². The lowest BCUT2D eigenvalue weighted by molar-refractivity contribution is 0.629. The molecule has 2 aromatic heterocycles. The Morgan fingerprint density at radius 3 is 2.48 bits per heavy atom. The summed E-state index contributed by atoms with van der Waals surface area (Å²) < 4.78 is 0. The SMILES string of the molecule is Cc1ccccc1-c1cnnc(N2CCN(c3cnccn3)CC2)n1. The van der Waals surface area contributed by atoms with E-state index >= 15 is 0 Å². The number of anilines is 2. The largest absolute Gasteiger partial charge is 0.352 e. The van der Waals surface area contributed by atoms with Gasteiger partial charge in [0.2, 0.25) is 5.95 Å². The number of benzene rings is 1. The molecule has 1 fully saturated rings. The van der Waals surface area contributed by atoms with E-state index in [9.17, 15) is 0 Å². The highest BCUT2D eigenvalue weighted by Gasteiger charge is 2.20. The van der Waals surface area contributed by atoms with Crippen LogP contribution in [0.4, 0.5) is 11.8 Å². The van der Waals surface area contributed by atoms with Crippen LogP contribution >= 0.6 is 0 Å². The van der Waals surface area contributed by atoms with Gasteiger partial charge in [-0.05, 0) is 12.5 Å². The number of hydrogen-bond acceptors (Lipinski definition) is 7. The first-order valence-electron chi connectivity index (χ1n) is 8.33. The third kappa shape index (κ3) is 3.26. The van der Waals surface area contributed by atoms with E-state index in [1.807, 2.05) is 12.1 Å². The lowest BCUT2D eigenvalue weighted by Crippen LogP contribution is -2.47. The van der Waals surface area contributed by atoms with Crippen molar-refractivity contribution in [2.45, 2.75) is 6.92 Å². The molecular formula is C18H19N7. The zero-order valence-corrected chi connectivity index (χ0v) is 14.1. The quantitative estimate of drug-likeness (QED) is 0.725. The Kier molecular flexibility index (Phi) is 4.20. The molecule has 0 amide bonds. The fraction of sp³-hybridized carbons (Fsp3) is 0.278.